The van der Waals surface area contributed by atoms with Gasteiger partial charge in [-0.1, -0.05) is 16.8 Å². The van der Waals surface area contributed by atoms with Gasteiger partial charge in [0, 0.05) is 32.7 Å². The van der Waals surface area contributed by atoms with Gasteiger partial charge in [-0.25, -0.2) is 0 Å². The first-order valence-electron chi connectivity index (χ1n) is 8.14. The number of aromatic nitrogens is 1. The number of carbonyl (C=O) groups is 1. The minimum Gasteiger partial charge on any atom is -0.481 e. The Morgan fingerprint density at radius 2 is 2.04 bits per heavy atom. The second-order valence-corrected chi connectivity index (χ2v) is 6.85. The second-order valence-electron chi connectivity index (χ2n) is 6.85. The van der Waals surface area contributed by atoms with E-state index in [4.69, 9.17) is 4.52 Å². The minimum atomic E-state index is -0.641. The molecule has 1 aliphatic heterocycles. The van der Waals surface area contributed by atoms with Crippen molar-refractivity contribution in [2.24, 2.45) is 5.41 Å². The van der Waals surface area contributed by atoms with Crippen molar-refractivity contribution in [2.75, 3.05) is 37.6 Å². The molecule has 0 radical (unpaired) electrons. The molecule has 6 heteroatoms. The van der Waals surface area contributed by atoms with Crippen LogP contribution >= 0.6 is 0 Å². The van der Waals surface area contributed by atoms with E-state index in [1.54, 1.807) is 0 Å². The quantitative estimate of drug-likeness (QED) is 0.932. The zero-order valence-corrected chi connectivity index (χ0v) is 13.3. The van der Waals surface area contributed by atoms with Crippen molar-refractivity contribution in [1.29, 1.82) is 0 Å². The zero-order valence-electron chi connectivity index (χ0n) is 13.3. The van der Waals surface area contributed by atoms with Crippen molar-refractivity contribution in [2.45, 2.75) is 19.8 Å². The molecule has 1 saturated heterocycles. The summed E-state index contributed by atoms with van der Waals surface area (Å²) in [5, 5.41) is 14.6. The molecule has 0 spiro atoms. The summed E-state index contributed by atoms with van der Waals surface area (Å²) in [6, 6.07) is 6.09. The molecule has 0 bridgehead atoms. The van der Waals surface area contributed by atoms with Gasteiger partial charge in [-0.3, -0.25) is 9.69 Å². The van der Waals surface area contributed by atoms with E-state index in [-0.39, 0.29) is 0 Å². The fourth-order valence-electron chi connectivity index (χ4n) is 3.40. The molecule has 0 amide bonds. The van der Waals surface area contributed by atoms with Crippen LogP contribution in [0.3, 0.4) is 0 Å². The molecule has 1 aliphatic carbocycles. The number of carboxylic acid groups (broad SMARTS) is 1. The molecule has 122 valence electrons. The van der Waals surface area contributed by atoms with E-state index in [0.29, 0.717) is 6.54 Å². The number of rotatable bonds is 4. The third-order valence-corrected chi connectivity index (χ3v) is 5.11. The first-order valence-corrected chi connectivity index (χ1v) is 8.14. The van der Waals surface area contributed by atoms with Crippen LogP contribution in [-0.2, 0) is 4.79 Å². The Labute approximate surface area is 134 Å². The highest BCUT2D eigenvalue weighted by molar-refractivity contribution is 5.89. The molecule has 1 aromatic heterocycles. The molecule has 23 heavy (non-hydrogen) atoms. The number of nitrogens with zero attached hydrogens (tertiary/aromatic N) is 3. The van der Waals surface area contributed by atoms with E-state index in [1.807, 2.05) is 12.1 Å². The highest BCUT2D eigenvalue weighted by atomic mass is 16.5. The van der Waals surface area contributed by atoms with Crippen LogP contribution in [0.15, 0.2) is 22.7 Å². The van der Waals surface area contributed by atoms with Crippen LogP contribution in [0.1, 0.15) is 18.4 Å². The largest absolute Gasteiger partial charge is 0.481 e. The number of benzene rings is 1. The lowest BCUT2D eigenvalue weighted by Gasteiger charge is -2.35. The fraction of sp³-hybridized carbons (Fsp3) is 0.529. The molecule has 2 aromatic rings. The number of carboxylic acids is 1. The fourth-order valence-corrected chi connectivity index (χ4v) is 3.40. The summed E-state index contributed by atoms with van der Waals surface area (Å²) in [4.78, 5) is 15.8. The van der Waals surface area contributed by atoms with Crippen molar-refractivity contribution < 1.29 is 14.4 Å². The standard InChI is InChI=1S/C17H21N3O3/c1-12-2-3-14-13(10-12)15(18-23-14)20-8-6-19(7-9-20)11-17(4-5-17)16(21)22/h2-3,10H,4-9,11H2,1H3,(H,21,22). The van der Waals surface area contributed by atoms with Crippen LogP contribution < -0.4 is 4.90 Å². The molecular weight excluding hydrogens is 294 g/mol. The molecule has 6 nitrogen and oxygen atoms in total. The van der Waals surface area contributed by atoms with Crippen LogP contribution in [0.25, 0.3) is 11.0 Å². The van der Waals surface area contributed by atoms with Crippen molar-refractivity contribution >= 4 is 22.8 Å². The Morgan fingerprint density at radius 1 is 1.30 bits per heavy atom. The van der Waals surface area contributed by atoms with Crippen molar-refractivity contribution in [1.82, 2.24) is 10.1 Å². The van der Waals surface area contributed by atoms with Gasteiger partial charge in [0.15, 0.2) is 11.4 Å². The first kappa shape index (κ1) is 14.5. The minimum absolute atomic E-state index is 0.472. The summed E-state index contributed by atoms with van der Waals surface area (Å²) in [6.45, 7) is 6.19. The summed E-state index contributed by atoms with van der Waals surface area (Å²) in [5.74, 6) is 0.264. The smallest absolute Gasteiger partial charge is 0.310 e. The molecule has 4 rings (SSSR count). The van der Waals surface area contributed by atoms with Crippen LogP contribution in [0.5, 0.6) is 0 Å². The maximum atomic E-state index is 11.3. The molecule has 2 fully saturated rings. The van der Waals surface area contributed by atoms with Gasteiger partial charge in [0.2, 0.25) is 0 Å². The second kappa shape index (κ2) is 5.23. The first-order chi connectivity index (χ1) is 11.1. The van der Waals surface area contributed by atoms with Crippen LogP contribution in [0.4, 0.5) is 5.82 Å². The lowest BCUT2D eigenvalue weighted by atomic mass is 10.1. The van der Waals surface area contributed by atoms with Crippen molar-refractivity contribution in [3.63, 3.8) is 0 Å². The molecular formula is C17H21N3O3. The molecule has 0 atom stereocenters. The number of aryl methyl sites for hydroxylation is 1. The van der Waals surface area contributed by atoms with E-state index in [2.05, 4.69) is 27.9 Å². The number of aliphatic carboxylic acids is 1. The average molecular weight is 315 g/mol. The van der Waals surface area contributed by atoms with Gasteiger partial charge in [0.25, 0.3) is 0 Å². The van der Waals surface area contributed by atoms with Gasteiger partial charge in [-0.15, -0.1) is 0 Å². The Kier molecular flexibility index (Phi) is 3.30. The normalized spacial score (nSPS) is 20.8. The molecule has 2 heterocycles. The Morgan fingerprint density at radius 3 is 2.70 bits per heavy atom. The Bertz CT molecular complexity index is 743. The van der Waals surface area contributed by atoms with E-state index in [9.17, 15) is 9.90 Å². The Balaban J connectivity index is 1.45. The van der Waals surface area contributed by atoms with Gasteiger partial charge < -0.3 is 14.5 Å². The molecule has 1 N–H and O–H groups in total. The predicted molar refractivity (Wildman–Crippen MR) is 86.7 cm³/mol. The molecule has 1 saturated carbocycles. The molecule has 1 aromatic carbocycles. The highest BCUT2D eigenvalue weighted by Crippen LogP contribution is 2.46. The Hall–Kier alpha value is -2.08. The summed E-state index contributed by atoms with van der Waals surface area (Å²) < 4.78 is 5.42. The highest BCUT2D eigenvalue weighted by Gasteiger charge is 2.51. The zero-order chi connectivity index (χ0) is 16.0. The summed E-state index contributed by atoms with van der Waals surface area (Å²) >= 11 is 0. The summed E-state index contributed by atoms with van der Waals surface area (Å²) in [5.41, 5.74) is 1.54. The predicted octanol–water partition coefficient (Wildman–Crippen LogP) is 2.12. The van der Waals surface area contributed by atoms with Crippen LogP contribution in [0.2, 0.25) is 0 Å². The van der Waals surface area contributed by atoms with Gasteiger partial charge in [-0.2, -0.15) is 0 Å². The van der Waals surface area contributed by atoms with Crippen LogP contribution in [0, 0.1) is 12.3 Å². The lowest BCUT2D eigenvalue weighted by Crippen LogP contribution is -2.49. The molecule has 0 unspecified atom stereocenters. The SMILES string of the molecule is Cc1ccc2onc(N3CCN(CC4(C(=O)O)CC4)CC3)c2c1. The topological polar surface area (TPSA) is 69.8 Å². The van der Waals surface area contributed by atoms with Gasteiger partial charge in [0.1, 0.15) is 0 Å². The third kappa shape index (κ3) is 2.57. The third-order valence-electron chi connectivity index (χ3n) is 5.11. The summed E-state index contributed by atoms with van der Waals surface area (Å²) in [7, 11) is 0. The monoisotopic (exact) mass is 315 g/mol. The number of hydrogen-bond acceptors (Lipinski definition) is 5. The van der Waals surface area contributed by atoms with Gasteiger partial charge >= 0.3 is 5.97 Å². The van der Waals surface area contributed by atoms with E-state index < -0.39 is 11.4 Å². The van der Waals surface area contributed by atoms with E-state index in [0.717, 1.165) is 55.8 Å². The number of piperazine rings is 1. The molecule has 2 aliphatic rings. The number of fused-ring (bicyclic) bond motifs is 1. The number of hydrogen-bond donors (Lipinski definition) is 1. The van der Waals surface area contributed by atoms with Crippen molar-refractivity contribution in [3.05, 3.63) is 23.8 Å². The average Bonchev–Trinajstić information content (AvgIpc) is 3.21. The summed E-state index contributed by atoms with van der Waals surface area (Å²) in [6.07, 6.45) is 1.63. The van der Waals surface area contributed by atoms with Gasteiger partial charge in [-0.05, 0) is 31.9 Å². The maximum absolute atomic E-state index is 11.3. The van der Waals surface area contributed by atoms with E-state index >= 15 is 0 Å². The van der Waals surface area contributed by atoms with Crippen LogP contribution in [-0.4, -0.2) is 53.9 Å². The lowest BCUT2D eigenvalue weighted by molar-refractivity contribution is -0.144. The van der Waals surface area contributed by atoms with E-state index in [1.165, 1.54) is 5.56 Å². The number of anilines is 1. The van der Waals surface area contributed by atoms with Gasteiger partial charge in [0.05, 0.1) is 10.8 Å². The maximum Gasteiger partial charge on any atom is 0.310 e. The van der Waals surface area contributed by atoms with Crippen molar-refractivity contribution in [3.8, 4) is 0 Å².